The van der Waals surface area contributed by atoms with E-state index >= 15 is 0 Å². The van der Waals surface area contributed by atoms with Crippen LogP contribution in [0.3, 0.4) is 0 Å². The zero-order valence-electron chi connectivity index (χ0n) is 10.2. The predicted molar refractivity (Wildman–Crippen MR) is 67.6 cm³/mol. The Kier molecular flexibility index (Phi) is 3.15. The first kappa shape index (κ1) is 11.4. The summed E-state index contributed by atoms with van der Waals surface area (Å²) < 4.78 is 0. The second-order valence-electron chi connectivity index (χ2n) is 5.16. The molecular weight excluding hydrogens is 198 g/mol. The van der Waals surface area contributed by atoms with Gasteiger partial charge in [0.05, 0.1) is 0 Å². The highest BCUT2D eigenvalue weighted by molar-refractivity contribution is 5.46. The topological polar surface area (TPSA) is 42.1 Å². The smallest absolute Gasteiger partial charge is 0.0399 e. The molecule has 1 aliphatic heterocycles. The minimum atomic E-state index is 0.346. The number of pyridine rings is 1. The maximum Gasteiger partial charge on any atom is 0.0399 e. The first-order chi connectivity index (χ1) is 7.63. The Morgan fingerprint density at radius 3 is 2.69 bits per heavy atom. The molecule has 2 heterocycles. The number of hydrogen-bond acceptors (Lipinski definition) is 3. The molecule has 0 atom stereocenters. The summed E-state index contributed by atoms with van der Waals surface area (Å²) in [4.78, 5) is 6.67. The molecule has 1 fully saturated rings. The van der Waals surface area contributed by atoms with Gasteiger partial charge in [-0.25, -0.2) is 0 Å². The van der Waals surface area contributed by atoms with Gasteiger partial charge >= 0.3 is 0 Å². The van der Waals surface area contributed by atoms with Gasteiger partial charge in [-0.1, -0.05) is 6.92 Å². The number of aryl methyl sites for hydroxylation is 1. The van der Waals surface area contributed by atoms with Crippen molar-refractivity contribution in [3.63, 3.8) is 0 Å². The molecule has 0 unspecified atom stereocenters. The Balaban J connectivity index is 2.04. The quantitative estimate of drug-likeness (QED) is 0.826. The summed E-state index contributed by atoms with van der Waals surface area (Å²) in [5, 5.41) is 0. The number of aromatic nitrogens is 1. The number of nitrogens with two attached hydrogens (primary N) is 1. The lowest BCUT2D eigenvalue weighted by Crippen LogP contribution is -2.42. The summed E-state index contributed by atoms with van der Waals surface area (Å²) in [6.07, 6.45) is 4.26. The summed E-state index contributed by atoms with van der Waals surface area (Å²) in [7, 11) is 0. The fourth-order valence-electron chi connectivity index (χ4n) is 2.24. The molecule has 2 rings (SSSR count). The van der Waals surface area contributed by atoms with Gasteiger partial charge in [0, 0.05) is 30.7 Å². The number of anilines is 1. The number of piperidine rings is 1. The molecule has 1 aromatic heterocycles. The van der Waals surface area contributed by atoms with Crippen molar-refractivity contribution in [1.82, 2.24) is 4.98 Å². The van der Waals surface area contributed by atoms with Gasteiger partial charge in [0.25, 0.3) is 0 Å². The summed E-state index contributed by atoms with van der Waals surface area (Å²) in [5.74, 6) is 0. The molecule has 0 saturated carbocycles. The minimum Gasteiger partial charge on any atom is -0.371 e. The molecule has 3 nitrogen and oxygen atoms in total. The first-order valence-electron chi connectivity index (χ1n) is 6.01. The molecule has 1 aliphatic rings. The van der Waals surface area contributed by atoms with E-state index in [1.54, 1.807) is 0 Å². The van der Waals surface area contributed by atoms with E-state index in [0.29, 0.717) is 5.41 Å². The van der Waals surface area contributed by atoms with Gasteiger partial charge in [0.2, 0.25) is 0 Å². The van der Waals surface area contributed by atoms with Crippen molar-refractivity contribution in [3.05, 3.63) is 24.0 Å². The van der Waals surface area contributed by atoms with Gasteiger partial charge in [-0.05, 0) is 43.9 Å². The summed E-state index contributed by atoms with van der Waals surface area (Å²) in [6, 6.07) is 4.25. The van der Waals surface area contributed by atoms with Crippen molar-refractivity contribution in [2.45, 2.75) is 26.7 Å². The molecule has 0 spiro atoms. The molecular formula is C13H21N3. The molecule has 16 heavy (non-hydrogen) atoms. The van der Waals surface area contributed by atoms with Crippen LogP contribution in [-0.4, -0.2) is 24.6 Å². The second-order valence-corrected chi connectivity index (χ2v) is 5.16. The Hall–Kier alpha value is -1.09. The molecule has 0 bridgehead atoms. The molecule has 2 N–H and O–H groups in total. The van der Waals surface area contributed by atoms with E-state index in [4.69, 9.17) is 5.73 Å². The molecule has 3 heteroatoms. The van der Waals surface area contributed by atoms with Crippen LogP contribution in [0.1, 0.15) is 25.5 Å². The predicted octanol–water partition coefficient (Wildman–Crippen LogP) is 1.96. The van der Waals surface area contributed by atoms with Crippen LogP contribution in [0.5, 0.6) is 0 Å². The highest BCUT2D eigenvalue weighted by Crippen LogP contribution is 2.31. The van der Waals surface area contributed by atoms with E-state index in [9.17, 15) is 0 Å². The van der Waals surface area contributed by atoms with E-state index in [-0.39, 0.29) is 0 Å². The van der Waals surface area contributed by atoms with E-state index in [1.807, 2.05) is 13.1 Å². The van der Waals surface area contributed by atoms with E-state index < -0.39 is 0 Å². The van der Waals surface area contributed by atoms with Crippen LogP contribution in [-0.2, 0) is 0 Å². The highest BCUT2D eigenvalue weighted by atomic mass is 15.1. The zero-order chi connectivity index (χ0) is 11.6. The van der Waals surface area contributed by atoms with Crippen molar-refractivity contribution in [2.24, 2.45) is 11.1 Å². The van der Waals surface area contributed by atoms with Crippen molar-refractivity contribution < 1.29 is 0 Å². The van der Waals surface area contributed by atoms with Gasteiger partial charge in [0.15, 0.2) is 0 Å². The average molecular weight is 219 g/mol. The summed E-state index contributed by atoms with van der Waals surface area (Å²) in [6.45, 7) is 7.35. The van der Waals surface area contributed by atoms with E-state index in [1.165, 1.54) is 18.5 Å². The van der Waals surface area contributed by atoms with E-state index in [2.05, 4.69) is 28.9 Å². The monoisotopic (exact) mass is 219 g/mol. The van der Waals surface area contributed by atoms with Crippen molar-refractivity contribution >= 4 is 5.69 Å². The van der Waals surface area contributed by atoms with Gasteiger partial charge < -0.3 is 10.6 Å². The third kappa shape index (κ3) is 2.35. The lowest BCUT2D eigenvalue weighted by Gasteiger charge is -2.39. The molecule has 0 radical (unpaired) electrons. The highest BCUT2D eigenvalue weighted by Gasteiger charge is 2.28. The molecule has 0 aliphatic carbocycles. The molecule has 0 aromatic carbocycles. The van der Waals surface area contributed by atoms with Crippen LogP contribution >= 0.6 is 0 Å². The second kappa shape index (κ2) is 4.42. The normalized spacial score (nSPS) is 19.8. The molecule has 1 aromatic rings. The Morgan fingerprint density at radius 1 is 1.44 bits per heavy atom. The summed E-state index contributed by atoms with van der Waals surface area (Å²) >= 11 is 0. The van der Waals surface area contributed by atoms with Crippen molar-refractivity contribution in [3.8, 4) is 0 Å². The Bertz CT molecular complexity index is 354. The third-order valence-electron chi connectivity index (χ3n) is 3.71. The van der Waals surface area contributed by atoms with Crippen LogP contribution in [0.25, 0.3) is 0 Å². The van der Waals surface area contributed by atoms with E-state index in [0.717, 1.165) is 25.3 Å². The Labute approximate surface area is 97.7 Å². The fourth-order valence-corrected chi connectivity index (χ4v) is 2.24. The van der Waals surface area contributed by atoms with Gasteiger partial charge in [-0.2, -0.15) is 0 Å². The first-order valence-corrected chi connectivity index (χ1v) is 6.01. The maximum atomic E-state index is 5.82. The Morgan fingerprint density at radius 2 is 2.12 bits per heavy atom. The zero-order valence-corrected chi connectivity index (χ0v) is 10.2. The largest absolute Gasteiger partial charge is 0.371 e. The van der Waals surface area contributed by atoms with Crippen LogP contribution in [0.2, 0.25) is 0 Å². The standard InChI is InChI=1S/C13H21N3/c1-11-9-12(3-6-15-11)16-7-4-13(2,10-14)5-8-16/h3,6,9H,4-5,7-8,10,14H2,1-2H3. The molecule has 0 amide bonds. The number of hydrogen-bond donors (Lipinski definition) is 1. The molecule has 1 saturated heterocycles. The van der Waals surface area contributed by atoms with Gasteiger partial charge in [-0.15, -0.1) is 0 Å². The minimum absolute atomic E-state index is 0.346. The SMILES string of the molecule is Cc1cc(N2CCC(C)(CN)CC2)ccn1. The van der Waals surface area contributed by atoms with Crippen LogP contribution < -0.4 is 10.6 Å². The number of rotatable bonds is 2. The van der Waals surface area contributed by atoms with Gasteiger partial charge in [0.1, 0.15) is 0 Å². The lowest BCUT2D eigenvalue weighted by atomic mass is 9.80. The average Bonchev–Trinajstić information content (AvgIpc) is 2.30. The fraction of sp³-hybridized carbons (Fsp3) is 0.615. The maximum absolute atomic E-state index is 5.82. The van der Waals surface area contributed by atoms with Crippen LogP contribution in [0.4, 0.5) is 5.69 Å². The van der Waals surface area contributed by atoms with Crippen LogP contribution in [0, 0.1) is 12.3 Å². The van der Waals surface area contributed by atoms with Crippen LogP contribution in [0.15, 0.2) is 18.3 Å². The van der Waals surface area contributed by atoms with Gasteiger partial charge in [-0.3, -0.25) is 4.98 Å². The number of nitrogens with zero attached hydrogens (tertiary/aromatic N) is 2. The third-order valence-corrected chi connectivity index (χ3v) is 3.71. The molecule has 88 valence electrons. The summed E-state index contributed by atoms with van der Waals surface area (Å²) in [5.41, 5.74) is 8.55. The van der Waals surface area contributed by atoms with Crippen molar-refractivity contribution in [2.75, 3.05) is 24.5 Å². The van der Waals surface area contributed by atoms with Crippen molar-refractivity contribution in [1.29, 1.82) is 0 Å². The lowest BCUT2D eigenvalue weighted by molar-refractivity contribution is 0.258.